The third-order valence-corrected chi connectivity index (χ3v) is 4.49. The lowest BCUT2D eigenvalue weighted by molar-refractivity contribution is -0.137. The molecule has 136 valence electrons. The molecule has 3 rings (SSSR count). The molecule has 8 heteroatoms. The normalized spacial score (nSPS) is 19.3. The fourth-order valence-electron chi connectivity index (χ4n) is 3.16. The molecule has 0 radical (unpaired) electrons. The lowest BCUT2D eigenvalue weighted by Crippen LogP contribution is -2.39. The van der Waals surface area contributed by atoms with E-state index in [0.29, 0.717) is 30.5 Å². The minimum absolute atomic E-state index is 0.141. The number of alkyl halides is 3. The van der Waals surface area contributed by atoms with Crippen molar-refractivity contribution in [1.29, 1.82) is 0 Å². The molecule has 0 aliphatic carbocycles. The molecule has 1 atom stereocenters. The van der Waals surface area contributed by atoms with Crippen LogP contribution in [0.4, 0.5) is 13.2 Å². The van der Waals surface area contributed by atoms with Gasteiger partial charge in [0.05, 0.1) is 12.1 Å². The van der Waals surface area contributed by atoms with E-state index >= 15 is 0 Å². The molecule has 1 N–H and O–H groups in total. The van der Waals surface area contributed by atoms with Crippen molar-refractivity contribution in [2.24, 2.45) is 0 Å². The molecule has 2 aromatic rings. The van der Waals surface area contributed by atoms with Crippen LogP contribution in [0.3, 0.4) is 0 Å². The molecule has 2 heterocycles. The van der Waals surface area contributed by atoms with Gasteiger partial charge in [-0.25, -0.2) is 0 Å². The van der Waals surface area contributed by atoms with Crippen molar-refractivity contribution in [3.8, 4) is 11.4 Å². The number of hydrogen-bond donors (Lipinski definition) is 1. The maximum absolute atomic E-state index is 12.6. The van der Waals surface area contributed by atoms with Crippen LogP contribution in [0.1, 0.15) is 37.1 Å². The summed E-state index contributed by atoms with van der Waals surface area (Å²) in [5.74, 6) is 0.708. The van der Waals surface area contributed by atoms with Gasteiger partial charge < -0.3 is 9.63 Å². The Morgan fingerprint density at radius 3 is 2.64 bits per heavy atom. The number of aliphatic hydroxyl groups is 1. The summed E-state index contributed by atoms with van der Waals surface area (Å²) in [5, 5.41) is 13.0. The van der Waals surface area contributed by atoms with Gasteiger partial charge in [-0.15, -0.1) is 0 Å². The average molecular weight is 355 g/mol. The van der Waals surface area contributed by atoms with Crippen molar-refractivity contribution in [3.63, 3.8) is 0 Å². The van der Waals surface area contributed by atoms with Gasteiger partial charge in [-0.2, -0.15) is 18.2 Å². The molecule has 1 aliphatic heterocycles. The van der Waals surface area contributed by atoms with E-state index in [-0.39, 0.29) is 12.4 Å². The molecule has 1 unspecified atom stereocenters. The highest BCUT2D eigenvalue weighted by Crippen LogP contribution is 2.30. The van der Waals surface area contributed by atoms with Gasteiger partial charge in [0.2, 0.25) is 11.7 Å². The lowest BCUT2D eigenvalue weighted by atomic mass is 10.00. The Balaban J connectivity index is 1.69. The van der Waals surface area contributed by atoms with Gasteiger partial charge >= 0.3 is 6.18 Å². The van der Waals surface area contributed by atoms with Crippen LogP contribution in [0.5, 0.6) is 0 Å². The van der Waals surface area contributed by atoms with E-state index in [1.165, 1.54) is 12.1 Å². The fraction of sp³-hybridized carbons (Fsp3) is 0.529. The molecule has 1 aromatic heterocycles. The average Bonchev–Trinajstić information content (AvgIpc) is 3.05. The molecule has 1 saturated heterocycles. The van der Waals surface area contributed by atoms with Crippen molar-refractivity contribution in [3.05, 3.63) is 35.7 Å². The Hall–Kier alpha value is -1.93. The van der Waals surface area contributed by atoms with E-state index in [0.717, 1.165) is 37.9 Å². The van der Waals surface area contributed by atoms with Crippen molar-refractivity contribution in [2.45, 2.75) is 44.4 Å². The molecule has 1 aromatic carbocycles. The first-order valence-electron chi connectivity index (χ1n) is 8.32. The number of piperidine rings is 1. The zero-order valence-corrected chi connectivity index (χ0v) is 13.7. The zero-order chi connectivity index (χ0) is 17.9. The maximum Gasteiger partial charge on any atom is 0.416 e. The smallest absolute Gasteiger partial charge is 0.396 e. The third-order valence-electron chi connectivity index (χ3n) is 4.49. The molecule has 5 nitrogen and oxygen atoms in total. The molecule has 25 heavy (non-hydrogen) atoms. The maximum atomic E-state index is 12.6. The molecule has 0 amide bonds. The van der Waals surface area contributed by atoms with Crippen molar-refractivity contribution < 1.29 is 22.8 Å². The topological polar surface area (TPSA) is 62.4 Å². The lowest BCUT2D eigenvalue weighted by Gasteiger charge is -2.34. The van der Waals surface area contributed by atoms with E-state index in [1.807, 2.05) is 0 Å². The van der Waals surface area contributed by atoms with E-state index < -0.39 is 11.7 Å². The number of halogens is 3. The van der Waals surface area contributed by atoms with Gasteiger partial charge in [0.15, 0.2) is 0 Å². The highest BCUT2D eigenvalue weighted by molar-refractivity contribution is 5.54. The van der Waals surface area contributed by atoms with Crippen molar-refractivity contribution in [1.82, 2.24) is 15.0 Å². The summed E-state index contributed by atoms with van der Waals surface area (Å²) in [6.45, 7) is 1.53. The van der Waals surface area contributed by atoms with Gasteiger partial charge in [0, 0.05) is 18.2 Å². The number of likely N-dealkylation sites (tertiary alicyclic amines) is 1. The minimum Gasteiger partial charge on any atom is -0.396 e. The summed E-state index contributed by atoms with van der Waals surface area (Å²) in [4.78, 5) is 6.51. The minimum atomic E-state index is -4.36. The number of aromatic nitrogens is 2. The number of rotatable bonds is 5. The largest absolute Gasteiger partial charge is 0.416 e. The van der Waals surface area contributed by atoms with E-state index in [4.69, 9.17) is 4.52 Å². The van der Waals surface area contributed by atoms with Crippen molar-refractivity contribution >= 4 is 0 Å². The van der Waals surface area contributed by atoms with E-state index in [2.05, 4.69) is 15.0 Å². The first-order chi connectivity index (χ1) is 12.0. The van der Waals surface area contributed by atoms with Gasteiger partial charge in [-0.3, -0.25) is 4.90 Å². The Bertz CT molecular complexity index is 683. The Kier molecular flexibility index (Phi) is 5.39. The predicted octanol–water partition coefficient (Wildman–Crippen LogP) is 3.49. The molecule has 1 fully saturated rings. The zero-order valence-electron chi connectivity index (χ0n) is 13.7. The van der Waals surface area contributed by atoms with Crippen LogP contribution in [0.25, 0.3) is 11.4 Å². The number of benzene rings is 1. The molecule has 1 aliphatic rings. The fourth-order valence-corrected chi connectivity index (χ4v) is 3.16. The number of nitrogens with zero attached hydrogens (tertiary/aromatic N) is 3. The number of hydrogen-bond acceptors (Lipinski definition) is 5. The first kappa shape index (κ1) is 17.9. The second-order valence-corrected chi connectivity index (χ2v) is 6.22. The summed E-state index contributed by atoms with van der Waals surface area (Å²) in [6, 6.07) is 4.99. The summed E-state index contributed by atoms with van der Waals surface area (Å²) in [6.07, 6.45) is -0.402. The second kappa shape index (κ2) is 7.53. The molecule has 0 spiro atoms. The third kappa shape index (κ3) is 4.38. The molecular formula is C17H20F3N3O2. The number of aliphatic hydroxyl groups excluding tert-OH is 1. The summed E-state index contributed by atoms with van der Waals surface area (Å²) < 4.78 is 43.1. The second-order valence-electron chi connectivity index (χ2n) is 6.22. The predicted molar refractivity (Wildman–Crippen MR) is 84.5 cm³/mol. The van der Waals surface area contributed by atoms with Crippen LogP contribution in [0, 0.1) is 0 Å². The standard InChI is InChI=1S/C17H20F3N3O2/c18-17(19,20)13-6-4-12(5-7-13)16-21-15(25-22-16)11-23-9-2-1-3-14(23)8-10-24/h4-7,14,24H,1-3,8-11H2. The van der Waals surface area contributed by atoms with Gasteiger partial charge in [-0.1, -0.05) is 23.7 Å². The van der Waals surface area contributed by atoms with Gasteiger partial charge in [-0.05, 0) is 37.9 Å². The summed E-state index contributed by atoms with van der Waals surface area (Å²) in [7, 11) is 0. The monoisotopic (exact) mass is 355 g/mol. The van der Waals surface area contributed by atoms with Crippen LogP contribution in [-0.2, 0) is 12.7 Å². The van der Waals surface area contributed by atoms with Gasteiger partial charge in [0.1, 0.15) is 0 Å². The molecule has 0 saturated carbocycles. The van der Waals surface area contributed by atoms with Crippen molar-refractivity contribution in [2.75, 3.05) is 13.2 Å². The Morgan fingerprint density at radius 2 is 1.96 bits per heavy atom. The van der Waals surface area contributed by atoms with Crippen LogP contribution in [0.2, 0.25) is 0 Å². The Morgan fingerprint density at radius 1 is 1.20 bits per heavy atom. The quantitative estimate of drug-likeness (QED) is 0.890. The Labute approximate surface area is 143 Å². The van der Waals surface area contributed by atoms with E-state index in [9.17, 15) is 18.3 Å². The molecule has 0 bridgehead atoms. The van der Waals surface area contributed by atoms with Crippen LogP contribution >= 0.6 is 0 Å². The van der Waals surface area contributed by atoms with Gasteiger partial charge in [0.25, 0.3) is 0 Å². The van der Waals surface area contributed by atoms with Crippen LogP contribution in [-0.4, -0.2) is 39.3 Å². The highest BCUT2D eigenvalue weighted by atomic mass is 19.4. The first-order valence-corrected chi connectivity index (χ1v) is 8.32. The van der Waals surface area contributed by atoms with Crippen LogP contribution in [0.15, 0.2) is 28.8 Å². The van der Waals surface area contributed by atoms with Crippen LogP contribution < -0.4 is 0 Å². The SMILES string of the molecule is OCCC1CCCCN1Cc1nc(-c2ccc(C(F)(F)F)cc2)no1. The summed E-state index contributed by atoms with van der Waals surface area (Å²) >= 11 is 0. The summed E-state index contributed by atoms with van der Waals surface area (Å²) in [5.41, 5.74) is -0.228. The highest BCUT2D eigenvalue weighted by Gasteiger charge is 2.30. The molecular weight excluding hydrogens is 335 g/mol. The van der Waals surface area contributed by atoms with E-state index in [1.54, 1.807) is 0 Å².